The van der Waals surface area contributed by atoms with Gasteiger partial charge < -0.3 is 10.0 Å². The van der Waals surface area contributed by atoms with E-state index in [0.717, 1.165) is 12.8 Å². The van der Waals surface area contributed by atoms with Gasteiger partial charge in [0.2, 0.25) is 5.91 Å². The Bertz CT molecular complexity index is 277. The van der Waals surface area contributed by atoms with Crippen molar-refractivity contribution in [1.29, 1.82) is 0 Å². The predicted octanol–water partition coefficient (Wildman–Crippen LogP) is 0.845. The van der Waals surface area contributed by atoms with Crippen molar-refractivity contribution in [2.24, 2.45) is 5.92 Å². The second kappa shape index (κ2) is 3.53. The second-order valence-corrected chi connectivity index (χ2v) is 5.26. The first-order valence-corrected chi connectivity index (χ1v) is 5.67. The molecule has 1 aliphatic carbocycles. The lowest BCUT2D eigenvalue weighted by Gasteiger charge is -2.23. The number of carbonyl (C=O) groups excluding carboxylic acids is 1. The molecular formula is C9H12BrNO3. The van der Waals surface area contributed by atoms with Gasteiger partial charge in [0.15, 0.2) is 0 Å². The van der Waals surface area contributed by atoms with Gasteiger partial charge in [-0.15, -0.1) is 0 Å². The van der Waals surface area contributed by atoms with E-state index in [-0.39, 0.29) is 16.7 Å². The standard InChI is InChI=1S/C9H12BrNO3/c10-6-3-7(12)11(4-6)8(9(13)14)5-1-2-5/h5-6,8H,1-4H2,(H,13,14)/t6?,8-/m0/s1. The highest BCUT2D eigenvalue weighted by Gasteiger charge is 2.45. The van der Waals surface area contributed by atoms with Gasteiger partial charge in [-0.1, -0.05) is 15.9 Å². The Balaban J connectivity index is 2.10. The summed E-state index contributed by atoms with van der Waals surface area (Å²) in [6.07, 6.45) is 2.30. The van der Waals surface area contributed by atoms with Crippen LogP contribution in [0.2, 0.25) is 0 Å². The first-order chi connectivity index (χ1) is 6.59. The molecule has 1 saturated heterocycles. The van der Waals surface area contributed by atoms with Crippen molar-refractivity contribution in [3.8, 4) is 0 Å². The lowest BCUT2D eigenvalue weighted by atomic mass is 10.1. The van der Waals surface area contributed by atoms with E-state index >= 15 is 0 Å². The molecule has 0 aromatic rings. The molecule has 0 radical (unpaired) electrons. The number of hydrogen-bond acceptors (Lipinski definition) is 2. The van der Waals surface area contributed by atoms with Crippen molar-refractivity contribution >= 4 is 27.8 Å². The molecule has 0 spiro atoms. The number of halogens is 1. The monoisotopic (exact) mass is 261 g/mol. The minimum absolute atomic E-state index is 0.0359. The third-order valence-corrected chi connectivity index (χ3v) is 3.38. The maximum absolute atomic E-state index is 11.5. The number of alkyl halides is 1. The van der Waals surface area contributed by atoms with Crippen molar-refractivity contribution in [3.05, 3.63) is 0 Å². The lowest BCUT2D eigenvalue weighted by molar-refractivity contribution is -0.149. The summed E-state index contributed by atoms with van der Waals surface area (Å²) in [5.74, 6) is -0.706. The minimum atomic E-state index is -0.859. The molecule has 0 bridgehead atoms. The molecule has 2 rings (SSSR count). The number of carboxylic acids is 1. The van der Waals surface area contributed by atoms with Gasteiger partial charge in [-0.25, -0.2) is 4.79 Å². The second-order valence-electron chi connectivity index (χ2n) is 3.97. The summed E-state index contributed by atoms with van der Waals surface area (Å²) in [6.45, 7) is 0.534. The van der Waals surface area contributed by atoms with E-state index in [0.29, 0.717) is 13.0 Å². The molecule has 1 amide bonds. The van der Waals surface area contributed by atoms with E-state index in [9.17, 15) is 9.59 Å². The Morgan fingerprint density at radius 3 is 2.57 bits per heavy atom. The van der Waals surface area contributed by atoms with Gasteiger partial charge in [0.05, 0.1) is 0 Å². The smallest absolute Gasteiger partial charge is 0.326 e. The number of carboxylic acid groups (broad SMARTS) is 1. The molecule has 14 heavy (non-hydrogen) atoms. The number of carbonyl (C=O) groups is 2. The van der Waals surface area contributed by atoms with Crippen LogP contribution in [-0.2, 0) is 9.59 Å². The van der Waals surface area contributed by atoms with Gasteiger partial charge in [0.1, 0.15) is 6.04 Å². The first-order valence-electron chi connectivity index (χ1n) is 4.76. The zero-order valence-corrected chi connectivity index (χ0v) is 9.24. The topological polar surface area (TPSA) is 57.6 Å². The number of hydrogen-bond donors (Lipinski definition) is 1. The third-order valence-electron chi connectivity index (χ3n) is 2.77. The van der Waals surface area contributed by atoms with Crippen molar-refractivity contribution in [1.82, 2.24) is 4.90 Å². The van der Waals surface area contributed by atoms with E-state index in [1.807, 2.05) is 0 Å². The predicted molar refractivity (Wildman–Crippen MR) is 53.2 cm³/mol. The SMILES string of the molecule is O=C(O)[C@H](C1CC1)N1CC(Br)CC1=O. The highest BCUT2D eigenvalue weighted by molar-refractivity contribution is 9.09. The minimum Gasteiger partial charge on any atom is -0.480 e. The normalized spacial score (nSPS) is 29.4. The molecule has 5 heteroatoms. The van der Waals surface area contributed by atoms with Crippen LogP contribution in [0.5, 0.6) is 0 Å². The van der Waals surface area contributed by atoms with Crippen LogP contribution >= 0.6 is 15.9 Å². The van der Waals surface area contributed by atoms with Crippen molar-refractivity contribution in [2.75, 3.05) is 6.54 Å². The highest BCUT2D eigenvalue weighted by Crippen LogP contribution is 2.37. The maximum Gasteiger partial charge on any atom is 0.326 e. The molecule has 0 aromatic carbocycles. The van der Waals surface area contributed by atoms with Crippen LogP contribution in [0, 0.1) is 5.92 Å². The van der Waals surface area contributed by atoms with Gasteiger partial charge in [0, 0.05) is 17.8 Å². The fourth-order valence-corrected chi connectivity index (χ4v) is 2.55. The van der Waals surface area contributed by atoms with Crippen LogP contribution in [0.25, 0.3) is 0 Å². The van der Waals surface area contributed by atoms with Crippen LogP contribution in [0.15, 0.2) is 0 Å². The van der Waals surface area contributed by atoms with E-state index in [1.54, 1.807) is 0 Å². The summed E-state index contributed by atoms with van der Waals surface area (Å²) in [4.78, 5) is 24.1. The number of nitrogens with zero attached hydrogens (tertiary/aromatic N) is 1. The van der Waals surface area contributed by atoms with Gasteiger partial charge >= 0.3 is 5.97 Å². The Labute approximate surface area is 90.4 Å². The van der Waals surface area contributed by atoms with Crippen LogP contribution in [0.3, 0.4) is 0 Å². The Morgan fingerprint density at radius 2 is 2.21 bits per heavy atom. The fourth-order valence-electron chi connectivity index (χ4n) is 1.96. The molecule has 4 nitrogen and oxygen atoms in total. The highest BCUT2D eigenvalue weighted by atomic mass is 79.9. The van der Waals surface area contributed by atoms with Crippen LogP contribution in [0.1, 0.15) is 19.3 Å². The van der Waals surface area contributed by atoms with E-state index in [1.165, 1.54) is 4.90 Å². The number of amides is 1. The number of aliphatic carboxylic acids is 1. The molecule has 1 N–H and O–H groups in total. The number of likely N-dealkylation sites (tertiary alicyclic amines) is 1. The molecule has 1 heterocycles. The van der Waals surface area contributed by atoms with Crippen LogP contribution < -0.4 is 0 Å². The molecular weight excluding hydrogens is 250 g/mol. The largest absolute Gasteiger partial charge is 0.480 e. The maximum atomic E-state index is 11.5. The first kappa shape index (κ1) is 9.96. The molecule has 1 aliphatic heterocycles. The zero-order chi connectivity index (χ0) is 10.3. The van der Waals surface area contributed by atoms with Crippen LogP contribution in [0.4, 0.5) is 0 Å². The average molecular weight is 262 g/mol. The fraction of sp³-hybridized carbons (Fsp3) is 0.778. The van der Waals surface area contributed by atoms with Gasteiger partial charge in [-0.2, -0.15) is 0 Å². The Morgan fingerprint density at radius 1 is 1.57 bits per heavy atom. The molecule has 1 saturated carbocycles. The Hall–Kier alpha value is -0.580. The molecule has 78 valence electrons. The summed E-state index contributed by atoms with van der Waals surface area (Å²) in [6, 6.07) is -0.579. The number of rotatable bonds is 3. The van der Waals surface area contributed by atoms with E-state index in [4.69, 9.17) is 5.11 Å². The van der Waals surface area contributed by atoms with E-state index < -0.39 is 12.0 Å². The quantitative estimate of drug-likeness (QED) is 0.767. The molecule has 1 unspecified atom stereocenters. The van der Waals surface area contributed by atoms with Crippen molar-refractivity contribution in [3.63, 3.8) is 0 Å². The average Bonchev–Trinajstić information content (AvgIpc) is 2.81. The summed E-state index contributed by atoms with van der Waals surface area (Å²) >= 11 is 3.35. The molecule has 2 atom stereocenters. The summed E-state index contributed by atoms with van der Waals surface area (Å²) in [5, 5.41) is 9.04. The van der Waals surface area contributed by atoms with E-state index in [2.05, 4.69) is 15.9 Å². The summed E-state index contributed by atoms with van der Waals surface area (Å²) < 4.78 is 0. The Kier molecular flexibility index (Phi) is 2.51. The summed E-state index contributed by atoms with van der Waals surface area (Å²) in [5.41, 5.74) is 0. The van der Waals surface area contributed by atoms with Gasteiger partial charge in [0.25, 0.3) is 0 Å². The van der Waals surface area contributed by atoms with Crippen molar-refractivity contribution in [2.45, 2.75) is 30.1 Å². The van der Waals surface area contributed by atoms with Gasteiger partial charge in [-0.05, 0) is 18.8 Å². The van der Waals surface area contributed by atoms with Gasteiger partial charge in [-0.3, -0.25) is 4.79 Å². The molecule has 0 aromatic heterocycles. The molecule has 2 fully saturated rings. The summed E-state index contributed by atoms with van der Waals surface area (Å²) in [7, 11) is 0. The van der Waals surface area contributed by atoms with Crippen molar-refractivity contribution < 1.29 is 14.7 Å². The van der Waals surface area contributed by atoms with Crippen LogP contribution in [-0.4, -0.2) is 39.3 Å². The zero-order valence-electron chi connectivity index (χ0n) is 7.65. The third kappa shape index (κ3) is 1.78. The molecule has 2 aliphatic rings. The lowest BCUT2D eigenvalue weighted by Crippen LogP contribution is -2.43.